The minimum Gasteiger partial charge on any atom is -0.462 e. The molecule has 1 amide bonds. The summed E-state index contributed by atoms with van der Waals surface area (Å²) in [5.74, 6) is -1.21. The molecule has 0 saturated carbocycles. The fourth-order valence-corrected chi connectivity index (χ4v) is 4.01. The Hall–Kier alpha value is -4.11. The average Bonchev–Trinajstić information content (AvgIpc) is 2.83. The molecular weight excluding hydrogens is 448 g/mol. The molecule has 1 aromatic carbocycles. The van der Waals surface area contributed by atoms with Crippen molar-refractivity contribution in [1.29, 1.82) is 0 Å². The number of ether oxygens (including phenoxy) is 2. The van der Waals surface area contributed by atoms with Crippen molar-refractivity contribution in [2.75, 3.05) is 20.3 Å². The lowest BCUT2D eigenvalue weighted by Gasteiger charge is -2.15. The highest BCUT2D eigenvalue weighted by atomic mass is 16.5. The Kier molecular flexibility index (Phi) is 6.88. The Labute approximate surface area is 201 Å². The molecule has 0 aliphatic rings. The summed E-state index contributed by atoms with van der Waals surface area (Å²) in [7, 11) is 1.53. The summed E-state index contributed by atoms with van der Waals surface area (Å²) < 4.78 is 13.5. The van der Waals surface area contributed by atoms with Crippen molar-refractivity contribution in [3.05, 3.63) is 86.8 Å². The third kappa shape index (κ3) is 4.76. The lowest BCUT2D eigenvalue weighted by atomic mass is 10.1. The predicted octanol–water partition coefficient (Wildman–Crippen LogP) is 2.83. The van der Waals surface area contributed by atoms with Crippen molar-refractivity contribution in [3.8, 4) is 0 Å². The predicted molar refractivity (Wildman–Crippen MR) is 131 cm³/mol. The smallest absolute Gasteiger partial charge is 0.341 e. The van der Waals surface area contributed by atoms with Gasteiger partial charge in [0.05, 0.1) is 18.6 Å². The number of benzene rings is 1. The molecule has 180 valence electrons. The van der Waals surface area contributed by atoms with Crippen LogP contribution < -0.4 is 11.0 Å². The first kappa shape index (κ1) is 24.0. The molecule has 0 aliphatic carbocycles. The topological polar surface area (TPSA) is 104 Å². The molecule has 0 spiro atoms. The number of aryl methyl sites for hydroxylation is 2. The SMILES string of the molecule is CCOC(=O)c1cc2c(=O)n3ccccc3nc2n(CCOC)c1=NC(=O)c1cc(C)cc(C)c1. The molecule has 9 heteroatoms. The standard InChI is InChI=1S/C26H26N4O5/c1-5-35-26(33)20-15-19-22(27-21-8-6-7-9-29(21)25(19)32)30(10-11-34-4)23(20)28-24(31)18-13-16(2)12-17(3)14-18/h6-9,12-15H,5,10-11H2,1-4H3. The lowest BCUT2D eigenvalue weighted by molar-refractivity contribution is 0.0523. The fourth-order valence-electron chi connectivity index (χ4n) is 4.01. The Morgan fingerprint density at radius 2 is 1.83 bits per heavy atom. The van der Waals surface area contributed by atoms with E-state index in [9.17, 15) is 14.4 Å². The van der Waals surface area contributed by atoms with Crippen molar-refractivity contribution in [1.82, 2.24) is 14.0 Å². The minimum atomic E-state index is -0.690. The highest BCUT2D eigenvalue weighted by Crippen LogP contribution is 2.13. The number of carbonyl (C=O) groups is 2. The van der Waals surface area contributed by atoms with Gasteiger partial charge in [-0.3, -0.25) is 14.0 Å². The van der Waals surface area contributed by atoms with Crippen LogP contribution in [0.2, 0.25) is 0 Å². The highest BCUT2D eigenvalue weighted by molar-refractivity contribution is 5.97. The first-order chi connectivity index (χ1) is 16.8. The third-order valence-electron chi connectivity index (χ3n) is 5.48. The number of fused-ring (bicyclic) bond motifs is 2. The van der Waals surface area contributed by atoms with E-state index in [0.29, 0.717) is 16.9 Å². The molecule has 9 nitrogen and oxygen atoms in total. The van der Waals surface area contributed by atoms with E-state index in [1.807, 2.05) is 19.9 Å². The molecular formula is C26H26N4O5. The lowest BCUT2D eigenvalue weighted by Crippen LogP contribution is -2.33. The van der Waals surface area contributed by atoms with Crippen molar-refractivity contribution < 1.29 is 19.1 Å². The molecule has 0 unspecified atom stereocenters. The van der Waals surface area contributed by atoms with E-state index in [1.54, 1.807) is 48.0 Å². The van der Waals surface area contributed by atoms with Gasteiger partial charge >= 0.3 is 5.97 Å². The van der Waals surface area contributed by atoms with Crippen LogP contribution in [0, 0.1) is 13.8 Å². The van der Waals surface area contributed by atoms with Crippen molar-refractivity contribution >= 4 is 28.6 Å². The van der Waals surface area contributed by atoms with E-state index in [0.717, 1.165) is 11.1 Å². The number of amides is 1. The third-order valence-corrected chi connectivity index (χ3v) is 5.48. The molecule has 0 atom stereocenters. The van der Waals surface area contributed by atoms with E-state index in [-0.39, 0.29) is 41.8 Å². The zero-order valence-corrected chi connectivity index (χ0v) is 20.1. The van der Waals surface area contributed by atoms with Gasteiger partial charge < -0.3 is 14.0 Å². The molecule has 4 aromatic rings. The second kappa shape index (κ2) is 10.0. The largest absolute Gasteiger partial charge is 0.462 e. The molecule has 0 N–H and O–H groups in total. The van der Waals surface area contributed by atoms with Crippen molar-refractivity contribution in [2.24, 2.45) is 4.99 Å². The zero-order valence-electron chi connectivity index (χ0n) is 20.1. The first-order valence-corrected chi connectivity index (χ1v) is 11.2. The van der Waals surface area contributed by atoms with E-state index in [4.69, 9.17) is 9.47 Å². The summed E-state index contributed by atoms with van der Waals surface area (Å²) in [5.41, 5.74) is 2.65. The number of hydrogen-bond acceptors (Lipinski definition) is 6. The Morgan fingerprint density at radius 3 is 2.51 bits per heavy atom. The van der Waals surface area contributed by atoms with Gasteiger partial charge in [-0.25, -0.2) is 9.78 Å². The highest BCUT2D eigenvalue weighted by Gasteiger charge is 2.20. The van der Waals surface area contributed by atoms with Gasteiger partial charge in [0.25, 0.3) is 11.5 Å². The van der Waals surface area contributed by atoms with E-state index in [1.165, 1.54) is 17.6 Å². The quantitative estimate of drug-likeness (QED) is 0.314. The molecule has 35 heavy (non-hydrogen) atoms. The van der Waals surface area contributed by atoms with Crippen LogP contribution in [0.5, 0.6) is 0 Å². The maximum absolute atomic E-state index is 13.3. The summed E-state index contributed by atoms with van der Waals surface area (Å²) >= 11 is 0. The summed E-state index contributed by atoms with van der Waals surface area (Å²) in [6.07, 6.45) is 1.61. The summed E-state index contributed by atoms with van der Waals surface area (Å²) in [4.78, 5) is 48.5. The second-order valence-electron chi connectivity index (χ2n) is 8.12. The van der Waals surface area contributed by atoms with E-state index >= 15 is 0 Å². The maximum Gasteiger partial charge on any atom is 0.341 e. The van der Waals surface area contributed by atoms with Gasteiger partial charge in [-0.05, 0) is 51.1 Å². The maximum atomic E-state index is 13.3. The number of methoxy groups -OCH3 is 1. The van der Waals surface area contributed by atoms with Gasteiger partial charge in [0, 0.05) is 25.4 Å². The van der Waals surface area contributed by atoms with Gasteiger partial charge in [0.15, 0.2) is 5.49 Å². The molecule has 0 saturated heterocycles. The zero-order chi connectivity index (χ0) is 25.1. The minimum absolute atomic E-state index is 0.00274. The van der Waals surface area contributed by atoms with Gasteiger partial charge in [0.2, 0.25) is 0 Å². The van der Waals surface area contributed by atoms with Crippen molar-refractivity contribution in [2.45, 2.75) is 27.3 Å². The van der Waals surface area contributed by atoms with Gasteiger partial charge in [-0.2, -0.15) is 4.99 Å². The number of rotatable bonds is 6. The number of nitrogens with zero attached hydrogens (tertiary/aromatic N) is 4. The van der Waals surface area contributed by atoms with E-state index < -0.39 is 11.9 Å². The Morgan fingerprint density at radius 1 is 1.09 bits per heavy atom. The molecule has 0 bridgehead atoms. The Bertz CT molecular complexity index is 1560. The van der Waals surface area contributed by atoms with Crippen molar-refractivity contribution in [3.63, 3.8) is 0 Å². The monoisotopic (exact) mass is 474 g/mol. The average molecular weight is 475 g/mol. The van der Waals surface area contributed by atoms with Crippen LogP contribution in [0.4, 0.5) is 0 Å². The second-order valence-corrected chi connectivity index (χ2v) is 8.12. The normalized spacial score (nSPS) is 11.8. The number of hydrogen-bond donors (Lipinski definition) is 0. The van der Waals surface area contributed by atoms with Crippen LogP contribution in [-0.4, -0.2) is 46.2 Å². The number of carbonyl (C=O) groups excluding carboxylic acids is 2. The summed E-state index contributed by atoms with van der Waals surface area (Å²) in [6, 6.07) is 12.0. The first-order valence-electron chi connectivity index (χ1n) is 11.2. The van der Waals surface area contributed by atoms with Crippen LogP contribution >= 0.6 is 0 Å². The number of pyridine rings is 2. The molecule has 0 fully saturated rings. The van der Waals surface area contributed by atoms with Crippen LogP contribution in [-0.2, 0) is 16.0 Å². The molecule has 0 radical (unpaired) electrons. The van der Waals surface area contributed by atoms with Crippen LogP contribution in [0.25, 0.3) is 16.7 Å². The molecule has 4 rings (SSSR count). The summed E-state index contributed by atoms with van der Waals surface area (Å²) in [6.45, 7) is 6.03. The molecule has 3 aromatic heterocycles. The van der Waals surface area contributed by atoms with Gasteiger partial charge in [-0.1, -0.05) is 23.3 Å². The van der Waals surface area contributed by atoms with Gasteiger partial charge in [0.1, 0.15) is 16.9 Å². The van der Waals surface area contributed by atoms with Gasteiger partial charge in [-0.15, -0.1) is 0 Å². The Balaban J connectivity index is 2.11. The fraction of sp³-hybridized carbons (Fsp3) is 0.269. The van der Waals surface area contributed by atoms with E-state index in [2.05, 4.69) is 9.98 Å². The number of esters is 1. The summed E-state index contributed by atoms with van der Waals surface area (Å²) in [5, 5.41) is 0.200. The molecule has 3 heterocycles. The van der Waals surface area contributed by atoms with Crippen LogP contribution in [0.1, 0.15) is 38.8 Å². The van der Waals surface area contributed by atoms with Crippen LogP contribution in [0.3, 0.4) is 0 Å². The number of aromatic nitrogens is 3. The van der Waals surface area contributed by atoms with Crippen LogP contribution in [0.15, 0.2) is 58.4 Å². The molecule has 0 aliphatic heterocycles.